The van der Waals surface area contributed by atoms with Crippen LogP contribution in [0.2, 0.25) is 0 Å². The maximum absolute atomic E-state index is 13.2. The van der Waals surface area contributed by atoms with Crippen molar-refractivity contribution in [3.8, 4) is 0 Å². The van der Waals surface area contributed by atoms with E-state index in [1.54, 1.807) is 24.9 Å². The molecule has 0 aliphatic carbocycles. The van der Waals surface area contributed by atoms with Crippen molar-refractivity contribution in [2.45, 2.75) is 0 Å². The van der Waals surface area contributed by atoms with Gasteiger partial charge in [0, 0.05) is 25.5 Å². The highest BCUT2D eigenvalue weighted by Gasteiger charge is 2.15. The largest absolute Gasteiger partial charge is 0.341 e. The number of halogens is 1. The SMILES string of the molecule is CSCCN(C)C(=O)c1cccnc1F. The Bertz CT molecular complexity index is 346. The van der Waals surface area contributed by atoms with Crippen LogP contribution in [0.1, 0.15) is 10.4 Å². The molecule has 0 aliphatic rings. The van der Waals surface area contributed by atoms with Crippen LogP contribution in [0.4, 0.5) is 4.39 Å². The molecule has 0 spiro atoms. The highest BCUT2D eigenvalue weighted by molar-refractivity contribution is 7.98. The third-order valence-corrected chi connectivity index (χ3v) is 2.56. The molecule has 0 aromatic carbocycles. The van der Waals surface area contributed by atoms with E-state index >= 15 is 0 Å². The molecule has 1 aromatic heterocycles. The molecule has 3 nitrogen and oxygen atoms in total. The van der Waals surface area contributed by atoms with Crippen LogP contribution in [-0.4, -0.2) is 41.4 Å². The van der Waals surface area contributed by atoms with E-state index in [1.807, 2.05) is 6.26 Å². The Balaban J connectivity index is 2.72. The maximum Gasteiger partial charge on any atom is 0.258 e. The number of pyridine rings is 1. The Morgan fingerprint density at radius 3 is 3.00 bits per heavy atom. The first-order chi connectivity index (χ1) is 7.16. The van der Waals surface area contributed by atoms with Crippen molar-refractivity contribution < 1.29 is 9.18 Å². The van der Waals surface area contributed by atoms with Crippen LogP contribution < -0.4 is 0 Å². The molecule has 0 unspecified atom stereocenters. The van der Waals surface area contributed by atoms with E-state index in [0.29, 0.717) is 6.54 Å². The second-order valence-corrected chi connectivity index (χ2v) is 4.05. The van der Waals surface area contributed by atoms with Gasteiger partial charge in [-0.1, -0.05) is 0 Å². The molecule has 1 aromatic rings. The zero-order chi connectivity index (χ0) is 11.3. The van der Waals surface area contributed by atoms with E-state index in [4.69, 9.17) is 0 Å². The maximum atomic E-state index is 13.2. The number of hydrogen-bond acceptors (Lipinski definition) is 3. The summed E-state index contributed by atoms with van der Waals surface area (Å²) in [4.78, 5) is 16.6. The molecule has 0 aliphatic heterocycles. The minimum absolute atomic E-state index is 0.0288. The van der Waals surface area contributed by atoms with Gasteiger partial charge in [-0.2, -0.15) is 16.2 Å². The molecule has 82 valence electrons. The van der Waals surface area contributed by atoms with E-state index in [1.165, 1.54) is 17.2 Å². The number of rotatable bonds is 4. The first-order valence-corrected chi connectivity index (χ1v) is 5.91. The quantitative estimate of drug-likeness (QED) is 0.735. The average Bonchev–Trinajstić information content (AvgIpc) is 2.25. The van der Waals surface area contributed by atoms with Crippen molar-refractivity contribution in [2.24, 2.45) is 0 Å². The Kier molecular flexibility index (Phi) is 4.55. The number of hydrogen-bond donors (Lipinski definition) is 0. The molecule has 0 saturated carbocycles. The highest BCUT2D eigenvalue weighted by Crippen LogP contribution is 2.07. The van der Waals surface area contributed by atoms with E-state index < -0.39 is 5.95 Å². The smallest absolute Gasteiger partial charge is 0.258 e. The predicted octanol–water partition coefficient (Wildman–Crippen LogP) is 1.66. The van der Waals surface area contributed by atoms with Gasteiger partial charge in [-0.05, 0) is 18.4 Å². The lowest BCUT2D eigenvalue weighted by Crippen LogP contribution is -2.29. The fraction of sp³-hybridized carbons (Fsp3) is 0.400. The van der Waals surface area contributed by atoms with E-state index in [9.17, 15) is 9.18 Å². The molecule has 0 fully saturated rings. The molecule has 1 rings (SSSR count). The summed E-state index contributed by atoms with van der Waals surface area (Å²) in [5, 5.41) is 0. The Labute approximate surface area is 92.7 Å². The van der Waals surface area contributed by atoms with Gasteiger partial charge in [0.15, 0.2) is 0 Å². The second kappa shape index (κ2) is 5.70. The summed E-state index contributed by atoms with van der Waals surface area (Å²) in [6, 6.07) is 3.00. The lowest BCUT2D eigenvalue weighted by molar-refractivity contribution is 0.0798. The van der Waals surface area contributed by atoms with E-state index in [2.05, 4.69) is 4.98 Å². The standard InChI is InChI=1S/C10H13FN2OS/c1-13(6-7-15-2)10(14)8-4-3-5-12-9(8)11/h3-5H,6-7H2,1-2H3. The van der Waals surface area contributed by atoms with Gasteiger partial charge in [-0.15, -0.1) is 0 Å². The molecule has 5 heteroatoms. The van der Waals surface area contributed by atoms with Crippen LogP contribution in [0, 0.1) is 5.95 Å². The van der Waals surface area contributed by atoms with Crippen LogP contribution in [0.3, 0.4) is 0 Å². The first-order valence-electron chi connectivity index (χ1n) is 4.51. The van der Waals surface area contributed by atoms with Gasteiger partial charge in [0.1, 0.15) is 0 Å². The van der Waals surface area contributed by atoms with Crippen molar-refractivity contribution >= 4 is 17.7 Å². The monoisotopic (exact) mass is 228 g/mol. The fourth-order valence-corrected chi connectivity index (χ4v) is 1.54. The number of thioether (sulfide) groups is 1. The zero-order valence-corrected chi connectivity index (χ0v) is 9.55. The minimum atomic E-state index is -0.710. The van der Waals surface area contributed by atoms with Crippen LogP contribution >= 0.6 is 11.8 Å². The molecule has 1 amide bonds. The summed E-state index contributed by atoms with van der Waals surface area (Å²) < 4.78 is 13.2. The van der Waals surface area contributed by atoms with Crippen molar-refractivity contribution in [3.05, 3.63) is 29.8 Å². The van der Waals surface area contributed by atoms with Crippen molar-refractivity contribution in [2.75, 3.05) is 25.6 Å². The molecule has 0 atom stereocenters. The van der Waals surface area contributed by atoms with E-state index in [0.717, 1.165) is 5.75 Å². The molecule has 1 heterocycles. The normalized spacial score (nSPS) is 10.1. The number of carbonyl (C=O) groups is 1. The third-order valence-electron chi connectivity index (χ3n) is 1.97. The molecule has 0 N–H and O–H groups in total. The zero-order valence-electron chi connectivity index (χ0n) is 8.74. The van der Waals surface area contributed by atoms with Crippen LogP contribution in [0.25, 0.3) is 0 Å². The van der Waals surface area contributed by atoms with E-state index in [-0.39, 0.29) is 11.5 Å². The molecular weight excluding hydrogens is 215 g/mol. The average molecular weight is 228 g/mol. The summed E-state index contributed by atoms with van der Waals surface area (Å²) in [7, 11) is 1.66. The summed E-state index contributed by atoms with van der Waals surface area (Å²) in [6.07, 6.45) is 3.29. The van der Waals surface area contributed by atoms with Gasteiger partial charge < -0.3 is 4.90 Å². The minimum Gasteiger partial charge on any atom is -0.341 e. The lowest BCUT2D eigenvalue weighted by atomic mass is 10.2. The number of aromatic nitrogens is 1. The fourth-order valence-electron chi connectivity index (χ4n) is 1.08. The summed E-state index contributed by atoms with van der Waals surface area (Å²) in [6.45, 7) is 0.605. The molecule has 0 bridgehead atoms. The third kappa shape index (κ3) is 3.20. The summed E-state index contributed by atoms with van der Waals surface area (Å²) >= 11 is 1.64. The number of nitrogens with zero attached hydrogens (tertiary/aromatic N) is 2. The van der Waals surface area contributed by atoms with Crippen LogP contribution in [-0.2, 0) is 0 Å². The van der Waals surface area contributed by atoms with Crippen molar-refractivity contribution in [1.29, 1.82) is 0 Å². The number of amides is 1. The van der Waals surface area contributed by atoms with Crippen molar-refractivity contribution in [3.63, 3.8) is 0 Å². The highest BCUT2D eigenvalue weighted by atomic mass is 32.2. The molecule has 15 heavy (non-hydrogen) atoms. The van der Waals surface area contributed by atoms with Crippen LogP contribution in [0.15, 0.2) is 18.3 Å². The topological polar surface area (TPSA) is 33.2 Å². The van der Waals surface area contributed by atoms with Gasteiger partial charge in [-0.3, -0.25) is 4.79 Å². The number of carbonyl (C=O) groups excluding carboxylic acids is 1. The predicted molar refractivity (Wildman–Crippen MR) is 59.5 cm³/mol. The van der Waals surface area contributed by atoms with Gasteiger partial charge in [-0.25, -0.2) is 4.98 Å². The Morgan fingerprint density at radius 2 is 2.40 bits per heavy atom. The second-order valence-electron chi connectivity index (χ2n) is 3.06. The van der Waals surface area contributed by atoms with Crippen molar-refractivity contribution in [1.82, 2.24) is 9.88 Å². The first kappa shape index (κ1) is 12.0. The Morgan fingerprint density at radius 1 is 1.67 bits per heavy atom. The molecular formula is C10H13FN2OS. The summed E-state index contributed by atoms with van der Waals surface area (Å²) in [5.41, 5.74) is 0.0288. The van der Waals surface area contributed by atoms with Gasteiger partial charge >= 0.3 is 0 Å². The summed E-state index contributed by atoms with van der Waals surface area (Å²) in [5.74, 6) is -0.197. The van der Waals surface area contributed by atoms with Gasteiger partial charge in [0.05, 0.1) is 5.56 Å². The van der Waals surface area contributed by atoms with Gasteiger partial charge in [0.25, 0.3) is 5.91 Å². The van der Waals surface area contributed by atoms with Gasteiger partial charge in [0.2, 0.25) is 5.95 Å². The molecule has 0 saturated heterocycles. The Hall–Kier alpha value is -1.10. The molecule has 0 radical (unpaired) electrons. The lowest BCUT2D eigenvalue weighted by Gasteiger charge is -2.16. The van der Waals surface area contributed by atoms with Crippen LogP contribution in [0.5, 0.6) is 0 Å².